The van der Waals surface area contributed by atoms with E-state index in [4.69, 9.17) is 0 Å². The summed E-state index contributed by atoms with van der Waals surface area (Å²) in [6, 6.07) is 8.02. The summed E-state index contributed by atoms with van der Waals surface area (Å²) >= 11 is 0. The Hall–Kier alpha value is -0.900. The van der Waals surface area contributed by atoms with Gasteiger partial charge in [-0.15, -0.1) is 0 Å². The number of hydrogen-bond acceptors (Lipinski definition) is 3. The van der Waals surface area contributed by atoms with E-state index in [-0.39, 0.29) is 0 Å². The quantitative estimate of drug-likeness (QED) is 0.811. The van der Waals surface area contributed by atoms with E-state index in [1.165, 1.54) is 0 Å². The Kier molecular flexibility index (Phi) is 5.62. The highest BCUT2D eigenvalue weighted by atomic mass is 16.3. The molecule has 0 radical (unpaired) electrons. The Morgan fingerprint density at radius 1 is 1.12 bits per heavy atom. The first-order valence-corrected chi connectivity index (χ1v) is 6.07. The van der Waals surface area contributed by atoms with Crippen LogP contribution >= 0.6 is 0 Å². The summed E-state index contributed by atoms with van der Waals surface area (Å²) in [5.41, 5.74) is 2.19. The molecule has 0 spiro atoms. The Morgan fingerprint density at radius 2 is 1.76 bits per heavy atom. The van der Waals surface area contributed by atoms with Crippen molar-refractivity contribution in [3.63, 3.8) is 0 Å². The zero-order valence-electron chi connectivity index (χ0n) is 11.3. The van der Waals surface area contributed by atoms with Gasteiger partial charge in [-0.05, 0) is 39.2 Å². The summed E-state index contributed by atoms with van der Waals surface area (Å²) in [6.07, 6.45) is -0.400. The summed E-state index contributed by atoms with van der Waals surface area (Å²) < 4.78 is 0. The first-order valence-electron chi connectivity index (χ1n) is 6.07. The first-order chi connectivity index (χ1) is 8.00. The third-order valence-corrected chi connectivity index (χ3v) is 2.96. The molecule has 1 unspecified atom stereocenters. The molecule has 3 nitrogen and oxygen atoms in total. The van der Waals surface area contributed by atoms with E-state index in [2.05, 4.69) is 23.9 Å². The van der Waals surface area contributed by atoms with Crippen molar-refractivity contribution in [2.24, 2.45) is 0 Å². The molecule has 96 valence electrons. The average Bonchev–Trinajstić information content (AvgIpc) is 2.26. The van der Waals surface area contributed by atoms with Crippen LogP contribution in [-0.2, 0) is 0 Å². The highest BCUT2D eigenvalue weighted by molar-refractivity contribution is 5.27. The molecule has 1 aromatic carbocycles. The molecule has 0 aromatic heterocycles. The summed E-state index contributed by atoms with van der Waals surface area (Å²) in [6.45, 7) is 4.70. The lowest BCUT2D eigenvalue weighted by atomic mass is 10.0. The van der Waals surface area contributed by atoms with E-state index < -0.39 is 6.10 Å². The van der Waals surface area contributed by atoms with Crippen molar-refractivity contribution in [3.05, 3.63) is 35.4 Å². The summed E-state index contributed by atoms with van der Waals surface area (Å²) in [5, 5.41) is 10.2. The van der Waals surface area contributed by atoms with E-state index in [0.717, 1.165) is 24.2 Å². The van der Waals surface area contributed by atoms with Crippen molar-refractivity contribution < 1.29 is 5.11 Å². The molecule has 0 heterocycles. The van der Waals surface area contributed by atoms with Crippen LogP contribution in [0.5, 0.6) is 0 Å². The van der Waals surface area contributed by atoms with Crippen molar-refractivity contribution in [1.29, 1.82) is 0 Å². The minimum atomic E-state index is -0.400. The smallest absolute Gasteiger partial charge is 0.0919 e. The van der Waals surface area contributed by atoms with Crippen LogP contribution in [0.25, 0.3) is 0 Å². The number of likely N-dealkylation sites (N-methyl/N-ethyl adjacent to an activating group) is 2. The van der Waals surface area contributed by atoms with Crippen molar-refractivity contribution in [3.8, 4) is 0 Å². The molecule has 1 rings (SSSR count). The number of aliphatic hydroxyl groups excluding tert-OH is 1. The van der Waals surface area contributed by atoms with E-state index >= 15 is 0 Å². The van der Waals surface area contributed by atoms with Gasteiger partial charge in [0, 0.05) is 19.6 Å². The van der Waals surface area contributed by atoms with Gasteiger partial charge in [-0.2, -0.15) is 0 Å². The van der Waals surface area contributed by atoms with Gasteiger partial charge in [0.25, 0.3) is 0 Å². The molecule has 0 fully saturated rings. The number of hydrogen-bond donors (Lipinski definition) is 1. The van der Waals surface area contributed by atoms with Gasteiger partial charge in [-0.3, -0.25) is 0 Å². The largest absolute Gasteiger partial charge is 0.387 e. The van der Waals surface area contributed by atoms with Gasteiger partial charge >= 0.3 is 0 Å². The molecule has 0 bridgehead atoms. The topological polar surface area (TPSA) is 26.7 Å². The molecule has 1 aromatic rings. The molecule has 0 aliphatic rings. The molecular formula is C14H24N2O. The maximum absolute atomic E-state index is 10.2. The normalized spacial score (nSPS) is 13.4. The van der Waals surface area contributed by atoms with Gasteiger partial charge in [-0.25, -0.2) is 0 Å². The van der Waals surface area contributed by atoms with Crippen molar-refractivity contribution in [2.75, 3.05) is 40.8 Å². The fraction of sp³-hybridized carbons (Fsp3) is 0.571. The number of aryl methyl sites for hydroxylation is 1. The zero-order valence-corrected chi connectivity index (χ0v) is 11.3. The van der Waals surface area contributed by atoms with Crippen molar-refractivity contribution in [1.82, 2.24) is 9.80 Å². The summed E-state index contributed by atoms with van der Waals surface area (Å²) in [5.74, 6) is 0. The van der Waals surface area contributed by atoms with Crippen LogP contribution in [0.15, 0.2) is 24.3 Å². The molecule has 0 saturated carbocycles. The number of benzene rings is 1. The van der Waals surface area contributed by atoms with Crippen LogP contribution < -0.4 is 0 Å². The van der Waals surface area contributed by atoms with Crippen LogP contribution in [0, 0.1) is 6.92 Å². The molecular weight excluding hydrogens is 212 g/mol. The second kappa shape index (κ2) is 6.74. The third kappa shape index (κ3) is 4.86. The molecule has 0 saturated heterocycles. The standard InChI is InChI=1S/C14H24N2O/c1-12-7-5-6-8-13(12)14(17)11-16(4)10-9-15(2)3/h5-8,14,17H,9-11H2,1-4H3. The van der Waals surface area contributed by atoms with E-state index in [0.29, 0.717) is 6.54 Å². The highest BCUT2D eigenvalue weighted by Crippen LogP contribution is 2.17. The van der Waals surface area contributed by atoms with Crippen molar-refractivity contribution in [2.45, 2.75) is 13.0 Å². The molecule has 0 aliphatic heterocycles. The van der Waals surface area contributed by atoms with Gasteiger partial charge in [0.05, 0.1) is 6.10 Å². The zero-order chi connectivity index (χ0) is 12.8. The number of aliphatic hydroxyl groups is 1. The lowest BCUT2D eigenvalue weighted by molar-refractivity contribution is 0.122. The second-order valence-electron chi connectivity index (χ2n) is 4.94. The van der Waals surface area contributed by atoms with Crippen molar-refractivity contribution >= 4 is 0 Å². The summed E-state index contributed by atoms with van der Waals surface area (Å²) in [7, 11) is 6.17. The minimum absolute atomic E-state index is 0.400. The summed E-state index contributed by atoms with van der Waals surface area (Å²) in [4.78, 5) is 4.31. The van der Waals surface area contributed by atoms with Crippen LogP contribution in [-0.4, -0.2) is 55.7 Å². The Labute approximate surface area is 105 Å². The molecule has 3 heteroatoms. The number of nitrogens with zero attached hydrogens (tertiary/aromatic N) is 2. The predicted molar refractivity (Wildman–Crippen MR) is 72.2 cm³/mol. The lowest BCUT2D eigenvalue weighted by Gasteiger charge is -2.23. The maximum Gasteiger partial charge on any atom is 0.0919 e. The number of rotatable bonds is 6. The fourth-order valence-corrected chi connectivity index (χ4v) is 1.82. The van der Waals surface area contributed by atoms with Crippen LogP contribution in [0.2, 0.25) is 0 Å². The minimum Gasteiger partial charge on any atom is -0.387 e. The van der Waals surface area contributed by atoms with Gasteiger partial charge < -0.3 is 14.9 Å². The Bertz CT molecular complexity index is 339. The Morgan fingerprint density at radius 3 is 2.35 bits per heavy atom. The van der Waals surface area contributed by atoms with E-state index in [1.54, 1.807) is 0 Å². The molecule has 0 aliphatic carbocycles. The predicted octanol–water partition coefficient (Wildman–Crippen LogP) is 1.52. The molecule has 0 amide bonds. The van der Waals surface area contributed by atoms with Gasteiger partial charge in [0.2, 0.25) is 0 Å². The monoisotopic (exact) mass is 236 g/mol. The van der Waals surface area contributed by atoms with Gasteiger partial charge in [0.1, 0.15) is 0 Å². The average molecular weight is 236 g/mol. The van der Waals surface area contributed by atoms with E-state index in [1.807, 2.05) is 38.2 Å². The van der Waals surface area contributed by atoms with Crippen LogP contribution in [0.3, 0.4) is 0 Å². The lowest BCUT2D eigenvalue weighted by Crippen LogP contribution is -2.31. The fourth-order valence-electron chi connectivity index (χ4n) is 1.82. The molecule has 1 atom stereocenters. The van der Waals surface area contributed by atoms with E-state index in [9.17, 15) is 5.11 Å². The Balaban J connectivity index is 2.49. The third-order valence-electron chi connectivity index (χ3n) is 2.96. The molecule has 1 N–H and O–H groups in total. The second-order valence-corrected chi connectivity index (χ2v) is 4.94. The first kappa shape index (κ1) is 14.2. The van der Waals surface area contributed by atoms with Crippen LogP contribution in [0.4, 0.5) is 0 Å². The van der Waals surface area contributed by atoms with Gasteiger partial charge in [-0.1, -0.05) is 24.3 Å². The SMILES string of the molecule is Cc1ccccc1C(O)CN(C)CCN(C)C. The maximum atomic E-state index is 10.2. The molecule has 17 heavy (non-hydrogen) atoms. The van der Waals surface area contributed by atoms with Crippen LogP contribution in [0.1, 0.15) is 17.2 Å². The van der Waals surface area contributed by atoms with Gasteiger partial charge in [0.15, 0.2) is 0 Å². The highest BCUT2D eigenvalue weighted by Gasteiger charge is 2.12.